The third-order valence-corrected chi connectivity index (χ3v) is 4.86. The van der Waals surface area contributed by atoms with Crippen LogP contribution in [0.4, 0.5) is 24.5 Å². The lowest BCUT2D eigenvalue weighted by Gasteiger charge is -2.12. The van der Waals surface area contributed by atoms with Crippen LogP contribution in [0.1, 0.15) is 15.9 Å². The number of rotatable bonds is 2. The first-order valence-corrected chi connectivity index (χ1v) is 7.81. The normalized spacial score (nSPS) is 11.5. The summed E-state index contributed by atoms with van der Waals surface area (Å²) in [5.41, 5.74) is 4.29. The molecule has 2 aromatic rings. The average Bonchev–Trinajstić information content (AvgIpc) is 2.69. The summed E-state index contributed by atoms with van der Waals surface area (Å²) in [5, 5.41) is 2.41. The molecule has 21 heavy (non-hydrogen) atoms. The fourth-order valence-corrected chi connectivity index (χ4v) is 4.37. The highest BCUT2D eigenvalue weighted by molar-refractivity contribution is 9.12. The molecule has 0 aliphatic rings. The topological polar surface area (TPSA) is 55.1 Å². The number of nitrogens with one attached hydrogen (secondary N) is 1. The predicted octanol–water partition coefficient (Wildman–Crippen LogP) is 5.13. The monoisotopic (exact) mass is 442 g/mol. The van der Waals surface area contributed by atoms with Crippen LogP contribution in [0, 0.1) is 0 Å². The molecule has 0 saturated carbocycles. The second kappa shape index (κ2) is 5.98. The molecule has 1 aromatic heterocycles. The van der Waals surface area contributed by atoms with Crippen LogP contribution in [-0.4, -0.2) is 5.91 Å². The minimum Gasteiger partial charge on any atom is -0.398 e. The van der Waals surface area contributed by atoms with E-state index in [0.29, 0.717) is 9.35 Å². The van der Waals surface area contributed by atoms with Gasteiger partial charge >= 0.3 is 6.18 Å². The molecule has 0 bridgehead atoms. The number of anilines is 2. The molecule has 0 aliphatic heterocycles. The third-order valence-electron chi connectivity index (χ3n) is 2.52. The van der Waals surface area contributed by atoms with Gasteiger partial charge in [0.25, 0.3) is 5.91 Å². The lowest BCUT2D eigenvalue weighted by atomic mass is 10.1. The number of nitrogens with two attached hydrogens (primary N) is 1. The Bertz CT molecular complexity index is 700. The van der Waals surface area contributed by atoms with Gasteiger partial charge in [-0.1, -0.05) is 0 Å². The minimum atomic E-state index is -4.57. The number of hydrogen-bond donors (Lipinski definition) is 2. The van der Waals surface area contributed by atoms with Crippen molar-refractivity contribution in [3.63, 3.8) is 0 Å². The van der Waals surface area contributed by atoms with Gasteiger partial charge in [0.1, 0.15) is 0 Å². The van der Waals surface area contributed by atoms with Gasteiger partial charge in [-0.05, 0) is 56.1 Å². The van der Waals surface area contributed by atoms with Crippen molar-refractivity contribution in [1.29, 1.82) is 0 Å². The maximum absolute atomic E-state index is 12.8. The number of nitrogen functional groups attached to an aromatic ring is 1. The standard InChI is InChI=1S/C12H7Br2F3N2OS/c13-9-4-6(10(14)21-9)11(20)19-5-1-2-8(18)7(3-5)12(15,16)17/h1-4H,18H2,(H,19,20). The third kappa shape index (κ3) is 3.78. The van der Waals surface area contributed by atoms with E-state index < -0.39 is 17.6 Å². The lowest BCUT2D eigenvalue weighted by Crippen LogP contribution is -2.14. The van der Waals surface area contributed by atoms with Crippen molar-refractivity contribution >= 4 is 60.5 Å². The molecule has 9 heteroatoms. The Balaban J connectivity index is 2.28. The highest BCUT2D eigenvalue weighted by atomic mass is 79.9. The Morgan fingerprint density at radius 3 is 2.43 bits per heavy atom. The quantitative estimate of drug-likeness (QED) is 0.632. The predicted molar refractivity (Wildman–Crippen MR) is 83.5 cm³/mol. The first-order valence-electron chi connectivity index (χ1n) is 5.41. The van der Waals surface area contributed by atoms with Crippen molar-refractivity contribution in [3.05, 3.63) is 43.0 Å². The summed E-state index contributed by atoms with van der Waals surface area (Å²) in [5.74, 6) is -0.512. The fourth-order valence-electron chi connectivity index (χ4n) is 1.57. The van der Waals surface area contributed by atoms with Crippen LogP contribution in [-0.2, 0) is 6.18 Å². The maximum Gasteiger partial charge on any atom is 0.418 e. The summed E-state index contributed by atoms with van der Waals surface area (Å²) in [6, 6.07) is 4.81. The average molecular weight is 444 g/mol. The van der Waals surface area contributed by atoms with E-state index in [0.717, 1.165) is 15.9 Å². The van der Waals surface area contributed by atoms with E-state index in [1.165, 1.54) is 17.4 Å². The van der Waals surface area contributed by atoms with Crippen LogP contribution >= 0.6 is 43.2 Å². The zero-order valence-electron chi connectivity index (χ0n) is 10.1. The van der Waals surface area contributed by atoms with Gasteiger partial charge in [0, 0.05) is 11.4 Å². The summed E-state index contributed by atoms with van der Waals surface area (Å²) in [7, 11) is 0. The van der Waals surface area contributed by atoms with Gasteiger partial charge in [0.15, 0.2) is 0 Å². The van der Waals surface area contributed by atoms with E-state index in [4.69, 9.17) is 5.73 Å². The molecular weight excluding hydrogens is 437 g/mol. The molecule has 1 amide bonds. The Hall–Kier alpha value is -1.06. The van der Waals surface area contributed by atoms with Gasteiger partial charge in [0.05, 0.1) is 18.7 Å². The van der Waals surface area contributed by atoms with Crippen LogP contribution in [0.15, 0.2) is 31.8 Å². The largest absolute Gasteiger partial charge is 0.418 e. The number of carbonyl (C=O) groups is 1. The van der Waals surface area contributed by atoms with Crippen LogP contribution < -0.4 is 11.1 Å². The van der Waals surface area contributed by atoms with E-state index in [-0.39, 0.29) is 11.4 Å². The molecule has 1 aromatic carbocycles. The number of carbonyl (C=O) groups excluding carboxylic acids is 1. The first kappa shape index (κ1) is 16.3. The number of hydrogen-bond acceptors (Lipinski definition) is 3. The summed E-state index contributed by atoms with van der Waals surface area (Å²) < 4.78 is 39.6. The number of halogens is 5. The number of benzene rings is 1. The van der Waals surface area contributed by atoms with E-state index in [1.54, 1.807) is 6.07 Å². The molecule has 0 saturated heterocycles. The smallest absolute Gasteiger partial charge is 0.398 e. The zero-order chi connectivity index (χ0) is 15.8. The fraction of sp³-hybridized carbons (Fsp3) is 0.0833. The SMILES string of the molecule is Nc1ccc(NC(=O)c2cc(Br)sc2Br)cc1C(F)(F)F. The zero-order valence-corrected chi connectivity index (χ0v) is 14.1. The number of amides is 1. The highest BCUT2D eigenvalue weighted by Gasteiger charge is 2.33. The van der Waals surface area contributed by atoms with Crippen LogP contribution in [0.3, 0.4) is 0 Å². The summed E-state index contributed by atoms with van der Waals surface area (Å²) >= 11 is 7.73. The number of thiophene rings is 1. The van der Waals surface area contributed by atoms with Crippen LogP contribution in [0.5, 0.6) is 0 Å². The first-order chi connectivity index (χ1) is 9.68. The van der Waals surface area contributed by atoms with E-state index in [9.17, 15) is 18.0 Å². The minimum absolute atomic E-state index is 0.0238. The Labute approximate surface area is 138 Å². The maximum atomic E-state index is 12.8. The molecule has 0 aliphatic carbocycles. The van der Waals surface area contributed by atoms with Crippen molar-refractivity contribution in [2.75, 3.05) is 11.1 Å². The lowest BCUT2D eigenvalue weighted by molar-refractivity contribution is -0.136. The number of alkyl halides is 3. The molecule has 2 rings (SSSR count). The van der Waals surface area contributed by atoms with Gasteiger partial charge < -0.3 is 11.1 Å². The van der Waals surface area contributed by atoms with E-state index >= 15 is 0 Å². The molecule has 0 fully saturated rings. The van der Waals surface area contributed by atoms with Crippen molar-refractivity contribution in [2.24, 2.45) is 0 Å². The summed E-state index contributed by atoms with van der Waals surface area (Å²) in [6.07, 6.45) is -4.57. The van der Waals surface area contributed by atoms with E-state index in [2.05, 4.69) is 37.2 Å². The second-order valence-electron chi connectivity index (χ2n) is 3.99. The van der Waals surface area contributed by atoms with Crippen molar-refractivity contribution in [2.45, 2.75) is 6.18 Å². The summed E-state index contributed by atoms with van der Waals surface area (Å²) in [6.45, 7) is 0. The Kier molecular flexibility index (Phi) is 4.64. The molecule has 112 valence electrons. The van der Waals surface area contributed by atoms with Gasteiger partial charge in [-0.15, -0.1) is 11.3 Å². The molecule has 0 spiro atoms. The Morgan fingerprint density at radius 2 is 1.90 bits per heavy atom. The van der Waals surface area contributed by atoms with E-state index in [1.807, 2.05) is 0 Å². The van der Waals surface area contributed by atoms with Crippen LogP contribution in [0.25, 0.3) is 0 Å². The van der Waals surface area contributed by atoms with Crippen LogP contribution in [0.2, 0.25) is 0 Å². The van der Waals surface area contributed by atoms with Gasteiger partial charge in [-0.25, -0.2) is 0 Å². The molecule has 0 atom stereocenters. The molecule has 0 radical (unpaired) electrons. The molecule has 3 nitrogen and oxygen atoms in total. The molecule has 0 unspecified atom stereocenters. The Morgan fingerprint density at radius 1 is 1.24 bits per heavy atom. The highest BCUT2D eigenvalue weighted by Crippen LogP contribution is 2.36. The van der Waals surface area contributed by atoms with Gasteiger partial charge in [0.2, 0.25) is 0 Å². The summed E-state index contributed by atoms with van der Waals surface area (Å²) in [4.78, 5) is 12.0. The molecular formula is C12H7Br2F3N2OS. The van der Waals surface area contributed by atoms with Crippen molar-refractivity contribution in [1.82, 2.24) is 0 Å². The van der Waals surface area contributed by atoms with Gasteiger partial charge in [-0.3, -0.25) is 4.79 Å². The molecule has 1 heterocycles. The van der Waals surface area contributed by atoms with Crippen molar-refractivity contribution in [3.8, 4) is 0 Å². The van der Waals surface area contributed by atoms with Gasteiger partial charge in [-0.2, -0.15) is 13.2 Å². The second-order valence-corrected chi connectivity index (χ2v) is 7.74. The van der Waals surface area contributed by atoms with Crippen molar-refractivity contribution < 1.29 is 18.0 Å². The molecule has 3 N–H and O–H groups in total.